The molecule has 0 unspecified atom stereocenters. The van der Waals surface area contributed by atoms with Crippen LogP contribution >= 0.6 is 11.3 Å². The van der Waals surface area contributed by atoms with E-state index in [0.29, 0.717) is 10.7 Å². The molecule has 1 N–H and O–H groups in total. The number of anilines is 1. The molecule has 0 saturated carbocycles. The molecule has 33 heavy (non-hydrogen) atoms. The van der Waals surface area contributed by atoms with Crippen LogP contribution in [-0.2, 0) is 9.59 Å². The number of fused-ring (bicyclic) bond motifs is 1. The standard InChI is InChI=1S/C27H22N2O3S/c1-15-4-9-18(10-5-15)23-22(24(30)19-11-6-16(2)7-12-19)25(31)26(32)29(23)27-28-20-13-8-17(3)14-21(20)33-27/h4-14,23,30H,1-3H3/b24-22+/t23-/m0/s1. The fraction of sp³-hybridized carbons (Fsp3) is 0.148. The number of nitrogens with zero attached hydrogens (tertiary/aromatic N) is 2. The van der Waals surface area contributed by atoms with Crippen LogP contribution in [0.25, 0.3) is 16.0 Å². The normalized spacial score (nSPS) is 17.8. The number of thiazole rings is 1. The minimum absolute atomic E-state index is 0.0724. The molecule has 164 valence electrons. The molecule has 5 rings (SSSR count). The van der Waals surface area contributed by atoms with Gasteiger partial charge in [0.05, 0.1) is 21.8 Å². The Labute approximate surface area is 195 Å². The lowest BCUT2D eigenvalue weighted by molar-refractivity contribution is -0.132. The van der Waals surface area contributed by atoms with Crippen LogP contribution < -0.4 is 4.90 Å². The van der Waals surface area contributed by atoms with Gasteiger partial charge in [0.1, 0.15) is 5.76 Å². The van der Waals surface area contributed by atoms with Crippen molar-refractivity contribution in [2.24, 2.45) is 0 Å². The number of amides is 1. The number of ketones is 1. The van der Waals surface area contributed by atoms with E-state index in [2.05, 4.69) is 4.98 Å². The Balaban J connectivity index is 1.73. The number of aromatic nitrogens is 1. The molecule has 3 aromatic carbocycles. The molecular weight excluding hydrogens is 432 g/mol. The number of Topliss-reactive ketones (excluding diaryl/α,β-unsaturated/α-hetero) is 1. The number of benzene rings is 3. The van der Waals surface area contributed by atoms with E-state index in [0.717, 1.165) is 32.5 Å². The van der Waals surface area contributed by atoms with Crippen molar-refractivity contribution in [1.29, 1.82) is 0 Å². The van der Waals surface area contributed by atoms with Crippen LogP contribution in [0.3, 0.4) is 0 Å². The first-order valence-corrected chi connectivity index (χ1v) is 11.5. The molecule has 0 spiro atoms. The van der Waals surface area contributed by atoms with Crippen LogP contribution in [-0.4, -0.2) is 21.8 Å². The van der Waals surface area contributed by atoms with Gasteiger partial charge in [-0.15, -0.1) is 0 Å². The number of aryl methyl sites for hydroxylation is 3. The fourth-order valence-electron chi connectivity index (χ4n) is 4.08. The van der Waals surface area contributed by atoms with Crippen molar-refractivity contribution in [1.82, 2.24) is 4.98 Å². The Morgan fingerprint density at radius 1 is 0.879 bits per heavy atom. The van der Waals surface area contributed by atoms with Gasteiger partial charge in [0.2, 0.25) is 0 Å². The maximum Gasteiger partial charge on any atom is 0.301 e. The van der Waals surface area contributed by atoms with E-state index in [1.807, 2.05) is 75.4 Å². The van der Waals surface area contributed by atoms with Gasteiger partial charge in [-0.2, -0.15) is 0 Å². The highest BCUT2D eigenvalue weighted by molar-refractivity contribution is 7.22. The van der Waals surface area contributed by atoms with E-state index < -0.39 is 17.7 Å². The van der Waals surface area contributed by atoms with E-state index in [4.69, 9.17) is 0 Å². The predicted molar refractivity (Wildman–Crippen MR) is 131 cm³/mol. The maximum absolute atomic E-state index is 13.3. The van der Waals surface area contributed by atoms with Gasteiger partial charge in [-0.1, -0.05) is 77.1 Å². The van der Waals surface area contributed by atoms with Crippen LogP contribution in [0.15, 0.2) is 72.3 Å². The lowest BCUT2D eigenvalue weighted by Gasteiger charge is -2.23. The molecule has 1 aromatic heterocycles. The first kappa shape index (κ1) is 21.1. The first-order chi connectivity index (χ1) is 15.8. The number of hydrogen-bond donors (Lipinski definition) is 1. The molecule has 0 radical (unpaired) electrons. The Morgan fingerprint density at radius 2 is 1.48 bits per heavy atom. The topological polar surface area (TPSA) is 70.5 Å². The molecule has 1 fully saturated rings. The second-order valence-corrected chi connectivity index (χ2v) is 9.42. The zero-order valence-electron chi connectivity index (χ0n) is 18.5. The fourth-order valence-corrected chi connectivity index (χ4v) is 5.17. The molecule has 4 aromatic rings. The van der Waals surface area contributed by atoms with Gasteiger partial charge in [0.15, 0.2) is 5.13 Å². The summed E-state index contributed by atoms with van der Waals surface area (Å²) in [6.45, 7) is 5.92. The summed E-state index contributed by atoms with van der Waals surface area (Å²) >= 11 is 1.37. The van der Waals surface area contributed by atoms with Crippen LogP contribution in [0.5, 0.6) is 0 Å². The summed E-state index contributed by atoms with van der Waals surface area (Å²) in [5.41, 5.74) is 5.26. The van der Waals surface area contributed by atoms with E-state index in [-0.39, 0.29) is 11.3 Å². The third-order valence-electron chi connectivity index (χ3n) is 5.90. The third-order valence-corrected chi connectivity index (χ3v) is 6.92. The van der Waals surface area contributed by atoms with E-state index in [1.54, 1.807) is 12.1 Å². The summed E-state index contributed by atoms with van der Waals surface area (Å²) in [5, 5.41) is 11.6. The van der Waals surface area contributed by atoms with Gasteiger partial charge in [-0.3, -0.25) is 14.5 Å². The molecule has 1 atom stereocenters. The number of aliphatic hydroxyl groups is 1. The highest BCUT2D eigenvalue weighted by atomic mass is 32.1. The van der Waals surface area contributed by atoms with Crippen LogP contribution in [0.2, 0.25) is 0 Å². The second-order valence-electron chi connectivity index (χ2n) is 8.41. The molecule has 1 aliphatic rings. The number of rotatable bonds is 3. The number of aliphatic hydroxyl groups excluding tert-OH is 1. The highest BCUT2D eigenvalue weighted by Crippen LogP contribution is 2.44. The molecule has 2 heterocycles. The maximum atomic E-state index is 13.3. The smallest absolute Gasteiger partial charge is 0.301 e. The van der Waals surface area contributed by atoms with Gasteiger partial charge in [-0.25, -0.2) is 4.98 Å². The quantitative estimate of drug-likeness (QED) is 0.240. The Kier molecular flexibility index (Phi) is 5.10. The van der Waals surface area contributed by atoms with Crippen molar-refractivity contribution in [2.75, 3.05) is 4.90 Å². The summed E-state index contributed by atoms with van der Waals surface area (Å²) in [5.74, 6) is -1.59. The van der Waals surface area contributed by atoms with Crippen LogP contribution in [0.1, 0.15) is 33.9 Å². The van der Waals surface area contributed by atoms with E-state index in [1.165, 1.54) is 16.2 Å². The lowest BCUT2D eigenvalue weighted by atomic mass is 9.94. The van der Waals surface area contributed by atoms with Gasteiger partial charge < -0.3 is 5.11 Å². The molecule has 5 nitrogen and oxygen atoms in total. The number of carbonyl (C=O) groups is 2. The zero-order chi connectivity index (χ0) is 23.3. The molecule has 1 aliphatic heterocycles. The molecular formula is C27H22N2O3S. The number of carbonyl (C=O) groups excluding carboxylic acids is 2. The molecule has 0 aliphatic carbocycles. The molecule has 6 heteroatoms. The van der Waals surface area contributed by atoms with Gasteiger partial charge >= 0.3 is 5.91 Å². The lowest BCUT2D eigenvalue weighted by Crippen LogP contribution is -2.29. The average Bonchev–Trinajstić information content (AvgIpc) is 3.32. The Bertz CT molecular complexity index is 1430. The van der Waals surface area contributed by atoms with Gasteiger partial charge in [0.25, 0.3) is 5.78 Å². The average molecular weight is 455 g/mol. The molecule has 1 saturated heterocycles. The SMILES string of the molecule is Cc1ccc(/C(O)=C2\C(=O)C(=O)N(c3nc4ccc(C)cc4s3)[C@H]2c2ccc(C)cc2)cc1. The Hall–Kier alpha value is -3.77. The van der Waals surface area contributed by atoms with Crippen molar-refractivity contribution in [2.45, 2.75) is 26.8 Å². The van der Waals surface area contributed by atoms with E-state index >= 15 is 0 Å². The summed E-state index contributed by atoms with van der Waals surface area (Å²) in [4.78, 5) is 32.6. The van der Waals surface area contributed by atoms with Crippen LogP contribution in [0, 0.1) is 20.8 Å². The third kappa shape index (κ3) is 3.62. The van der Waals surface area contributed by atoms with Crippen molar-refractivity contribution in [3.63, 3.8) is 0 Å². The summed E-state index contributed by atoms with van der Waals surface area (Å²) < 4.78 is 0.938. The summed E-state index contributed by atoms with van der Waals surface area (Å²) in [6.07, 6.45) is 0. The minimum atomic E-state index is -0.770. The van der Waals surface area contributed by atoms with E-state index in [9.17, 15) is 14.7 Å². The minimum Gasteiger partial charge on any atom is -0.507 e. The largest absolute Gasteiger partial charge is 0.507 e. The van der Waals surface area contributed by atoms with Crippen molar-refractivity contribution in [3.8, 4) is 0 Å². The summed E-state index contributed by atoms with van der Waals surface area (Å²) in [6, 6.07) is 20.0. The highest BCUT2D eigenvalue weighted by Gasteiger charge is 2.48. The Morgan fingerprint density at radius 3 is 2.15 bits per heavy atom. The summed E-state index contributed by atoms with van der Waals surface area (Å²) in [7, 11) is 0. The first-order valence-electron chi connectivity index (χ1n) is 10.7. The second kappa shape index (κ2) is 7.98. The predicted octanol–water partition coefficient (Wildman–Crippen LogP) is 5.85. The van der Waals surface area contributed by atoms with Crippen molar-refractivity contribution in [3.05, 3.63) is 100 Å². The zero-order valence-corrected chi connectivity index (χ0v) is 19.3. The number of hydrogen-bond acceptors (Lipinski definition) is 5. The monoisotopic (exact) mass is 454 g/mol. The molecule has 0 bridgehead atoms. The van der Waals surface area contributed by atoms with Crippen molar-refractivity contribution < 1.29 is 14.7 Å². The van der Waals surface area contributed by atoms with Crippen molar-refractivity contribution >= 4 is 44.1 Å². The van der Waals surface area contributed by atoms with Gasteiger partial charge in [0, 0.05) is 5.56 Å². The van der Waals surface area contributed by atoms with Gasteiger partial charge in [-0.05, 0) is 44.0 Å². The molecule has 1 amide bonds. The van der Waals surface area contributed by atoms with Crippen LogP contribution in [0.4, 0.5) is 5.13 Å².